The summed E-state index contributed by atoms with van der Waals surface area (Å²) in [4.78, 5) is 22.2. The lowest BCUT2D eigenvalue weighted by molar-refractivity contribution is -0.153. The fourth-order valence-corrected chi connectivity index (χ4v) is 2.13. The maximum Gasteiger partial charge on any atom is 0.330 e. The zero-order valence-corrected chi connectivity index (χ0v) is 13.8. The highest BCUT2D eigenvalue weighted by Crippen LogP contribution is 2.22. The summed E-state index contributed by atoms with van der Waals surface area (Å²) >= 11 is 0. The topological polar surface area (TPSA) is 61.8 Å². The predicted octanol–water partition coefficient (Wildman–Crippen LogP) is 3.02. The monoisotopic (exact) mass is 300 g/mol. The molecule has 1 aliphatic rings. The Morgan fingerprint density at radius 3 is 2.52 bits per heavy atom. The van der Waals surface area contributed by atoms with Gasteiger partial charge in [-0.1, -0.05) is 19.4 Å². The lowest BCUT2D eigenvalue weighted by atomic mass is 10.00. The quantitative estimate of drug-likeness (QED) is 0.577. The SMILES string of the molecule is CC.CCOC(=O)/C=C(/C)CC1CC(OC(C)=O)CCO1. The van der Waals surface area contributed by atoms with Gasteiger partial charge in [-0.15, -0.1) is 0 Å². The zero-order chi connectivity index (χ0) is 16.3. The van der Waals surface area contributed by atoms with E-state index < -0.39 is 0 Å². The number of carbonyl (C=O) groups excluding carboxylic acids is 2. The maximum atomic E-state index is 11.3. The largest absolute Gasteiger partial charge is 0.463 e. The normalized spacial score (nSPS) is 21.9. The highest BCUT2D eigenvalue weighted by atomic mass is 16.6. The van der Waals surface area contributed by atoms with Crippen molar-refractivity contribution in [3.05, 3.63) is 11.6 Å². The second kappa shape index (κ2) is 11.3. The first-order valence-electron chi connectivity index (χ1n) is 7.64. The van der Waals surface area contributed by atoms with E-state index in [1.807, 2.05) is 20.8 Å². The van der Waals surface area contributed by atoms with Crippen molar-refractivity contribution in [2.45, 2.75) is 66.1 Å². The summed E-state index contributed by atoms with van der Waals surface area (Å²) in [7, 11) is 0. The van der Waals surface area contributed by atoms with Crippen LogP contribution < -0.4 is 0 Å². The molecule has 122 valence electrons. The van der Waals surface area contributed by atoms with Crippen LogP contribution in [0.4, 0.5) is 0 Å². The number of hydrogen-bond acceptors (Lipinski definition) is 5. The van der Waals surface area contributed by atoms with Crippen molar-refractivity contribution in [1.29, 1.82) is 0 Å². The van der Waals surface area contributed by atoms with E-state index in [0.717, 1.165) is 12.0 Å². The summed E-state index contributed by atoms with van der Waals surface area (Å²) in [5.41, 5.74) is 0.909. The Morgan fingerprint density at radius 2 is 1.95 bits per heavy atom. The van der Waals surface area contributed by atoms with Crippen molar-refractivity contribution in [3.63, 3.8) is 0 Å². The molecule has 1 heterocycles. The second-order valence-corrected chi connectivity index (χ2v) is 4.70. The van der Waals surface area contributed by atoms with E-state index in [1.54, 1.807) is 6.92 Å². The van der Waals surface area contributed by atoms with Crippen molar-refractivity contribution in [3.8, 4) is 0 Å². The molecule has 0 amide bonds. The molecule has 0 spiro atoms. The van der Waals surface area contributed by atoms with Gasteiger partial charge in [-0.3, -0.25) is 4.79 Å². The van der Waals surface area contributed by atoms with Crippen LogP contribution in [0.3, 0.4) is 0 Å². The molecule has 1 saturated heterocycles. The van der Waals surface area contributed by atoms with Crippen LogP contribution in [0.15, 0.2) is 11.6 Å². The average Bonchev–Trinajstić information content (AvgIpc) is 2.40. The Morgan fingerprint density at radius 1 is 1.29 bits per heavy atom. The Balaban J connectivity index is 0.00000191. The molecule has 2 unspecified atom stereocenters. The third-order valence-corrected chi connectivity index (χ3v) is 2.85. The van der Waals surface area contributed by atoms with Gasteiger partial charge in [0.05, 0.1) is 19.3 Å². The predicted molar refractivity (Wildman–Crippen MR) is 80.9 cm³/mol. The highest BCUT2D eigenvalue weighted by Gasteiger charge is 2.24. The van der Waals surface area contributed by atoms with E-state index in [1.165, 1.54) is 13.0 Å². The molecule has 0 saturated carbocycles. The number of esters is 2. The summed E-state index contributed by atoms with van der Waals surface area (Å²) in [5, 5.41) is 0. The van der Waals surface area contributed by atoms with Gasteiger partial charge in [-0.05, 0) is 20.3 Å². The lowest BCUT2D eigenvalue weighted by Gasteiger charge is -2.29. The second-order valence-electron chi connectivity index (χ2n) is 4.70. The molecular formula is C16H28O5. The average molecular weight is 300 g/mol. The molecule has 0 N–H and O–H groups in total. The smallest absolute Gasteiger partial charge is 0.330 e. The van der Waals surface area contributed by atoms with Crippen molar-refractivity contribution in [2.24, 2.45) is 0 Å². The number of hydrogen-bond donors (Lipinski definition) is 0. The maximum absolute atomic E-state index is 11.3. The summed E-state index contributed by atoms with van der Waals surface area (Å²) in [6.07, 6.45) is 3.46. The minimum absolute atomic E-state index is 0.0104. The summed E-state index contributed by atoms with van der Waals surface area (Å²) in [6, 6.07) is 0. The van der Waals surface area contributed by atoms with Crippen LogP contribution in [0.5, 0.6) is 0 Å². The molecular weight excluding hydrogens is 272 g/mol. The molecule has 5 nitrogen and oxygen atoms in total. The van der Waals surface area contributed by atoms with Gasteiger partial charge < -0.3 is 14.2 Å². The van der Waals surface area contributed by atoms with Gasteiger partial charge in [0.1, 0.15) is 6.10 Å². The van der Waals surface area contributed by atoms with E-state index in [2.05, 4.69) is 0 Å². The van der Waals surface area contributed by atoms with Crippen LogP contribution >= 0.6 is 0 Å². The molecule has 0 bridgehead atoms. The van der Waals surface area contributed by atoms with Crippen LogP contribution in [0.25, 0.3) is 0 Å². The third kappa shape index (κ3) is 9.24. The minimum atomic E-state index is -0.327. The van der Waals surface area contributed by atoms with Crippen molar-refractivity contribution in [2.75, 3.05) is 13.2 Å². The van der Waals surface area contributed by atoms with E-state index in [-0.39, 0.29) is 24.1 Å². The molecule has 0 aromatic carbocycles. The van der Waals surface area contributed by atoms with E-state index in [9.17, 15) is 9.59 Å². The number of ether oxygens (including phenoxy) is 3. The fourth-order valence-electron chi connectivity index (χ4n) is 2.13. The third-order valence-electron chi connectivity index (χ3n) is 2.85. The number of rotatable bonds is 5. The van der Waals surface area contributed by atoms with Crippen molar-refractivity contribution < 1.29 is 23.8 Å². The van der Waals surface area contributed by atoms with Crippen molar-refractivity contribution in [1.82, 2.24) is 0 Å². The van der Waals surface area contributed by atoms with Gasteiger partial charge in [0.2, 0.25) is 0 Å². The minimum Gasteiger partial charge on any atom is -0.463 e. The van der Waals surface area contributed by atoms with Gasteiger partial charge in [-0.2, -0.15) is 0 Å². The number of carbonyl (C=O) groups is 2. The molecule has 0 aromatic heterocycles. The molecule has 0 aromatic rings. The van der Waals surface area contributed by atoms with Crippen molar-refractivity contribution >= 4 is 11.9 Å². The Kier molecular flexibility index (Phi) is 10.6. The van der Waals surface area contributed by atoms with Crippen LogP contribution in [-0.2, 0) is 23.8 Å². The lowest BCUT2D eigenvalue weighted by Crippen LogP contribution is -2.32. The Labute approximate surface area is 127 Å². The summed E-state index contributed by atoms with van der Waals surface area (Å²) in [6.45, 7) is 10.0. The van der Waals surface area contributed by atoms with Gasteiger partial charge in [-0.25, -0.2) is 4.79 Å². The van der Waals surface area contributed by atoms with Crippen LogP contribution in [0.1, 0.15) is 53.9 Å². The molecule has 1 fully saturated rings. The van der Waals surface area contributed by atoms with Gasteiger partial charge in [0, 0.05) is 25.8 Å². The van der Waals surface area contributed by atoms with Gasteiger partial charge in [0.15, 0.2) is 0 Å². The van der Waals surface area contributed by atoms with Gasteiger partial charge in [0.25, 0.3) is 0 Å². The molecule has 21 heavy (non-hydrogen) atoms. The molecule has 2 atom stereocenters. The van der Waals surface area contributed by atoms with Crippen LogP contribution in [0, 0.1) is 0 Å². The summed E-state index contributed by atoms with van der Waals surface area (Å²) in [5.74, 6) is -0.586. The van der Waals surface area contributed by atoms with E-state index >= 15 is 0 Å². The first-order valence-corrected chi connectivity index (χ1v) is 7.64. The summed E-state index contributed by atoms with van der Waals surface area (Å²) < 4.78 is 15.7. The fraction of sp³-hybridized carbons (Fsp3) is 0.750. The zero-order valence-electron chi connectivity index (χ0n) is 13.8. The van der Waals surface area contributed by atoms with Gasteiger partial charge >= 0.3 is 11.9 Å². The molecule has 1 rings (SSSR count). The van der Waals surface area contributed by atoms with E-state index in [4.69, 9.17) is 14.2 Å². The highest BCUT2D eigenvalue weighted by molar-refractivity contribution is 5.82. The molecule has 0 radical (unpaired) electrons. The molecule has 5 heteroatoms. The van der Waals surface area contributed by atoms with Crippen LogP contribution in [-0.4, -0.2) is 37.4 Å². The Bertz CT molecular complexity index is 349. The van der Waals surface area contributed by atoms with E-state index in [0.29, 0.717) is 26.1 Å². The Hall–Kier alpha value is -1.36. The molecule has 0 aliphatic carbocycles. The first-order chi connectivity index (χ1) is 10.0. The molecule has 1 aliphatic heterocycles. The van der Waals surface area contributed by atoms with Crippen LogP contribution in [0.2, 0.25) is 0 Å². The standard InChI is InChI=1S/C14H22O5.C2H6/c1-4-17-14(16)8-10(2)7-13-9-12(5-6-18-13)19-11(3)15;1-2/h8,12-13H,4-7,9H2,1-3H3;1-2H3/b10-8-;. The first kappa shape index (κ1) is 19.6.